The molecule has 0 radical (unpaired) electrons. The van der Waals surface area contributed by atoms with Crippen LogP contribution in [0, 0.1) is 0 Å². The second kappa shape index (κ2) is 8.69. The molecular weight excluding hydrogens is 416 g/mol. The Morgan fingerprint density at radius 3 is 2.27 bits per heavy atom. The molecule has 3 rings (SSSR count). The number of halogens is 2. The molecule has 2 aromatic rings. The summed E-state index contributed by atoms with van der Waals surface area (Å²) in [6.45, 7) is 2.30. The lowest BCUT2D eigenvalue weighted by atomic mass is 10.1. The zero-order chi connectivity index (χ0) is 18.5. The summed E-state index contributed by atoms with van der Waals surface area (Å²) in [5.74, 6) is 0.147. The quantitative estimate of drug-likeness (QED) is 0.728. The highest BCUT2D eigenvalue weighted by molar-refractivity contribution is 9.10. The molecule has 1 fully saturated rings. The maximum absolute atomic E-state index is 12.6. The van der Waals surface area contributed by atoms with Crippen molar-refractivity contribution in [1.82, 2.24) is 9.80 Å². The molecule has 0 saturated carbocycles. The predicted molar refractivity (Wildman–Crippen MR) is 106 cm³/mol. The Morgan fingerprint density at radius 1 is 0.962 bits per heavy atom. The van der Waals surface area contributed by atoms with E-state index in [9.17, 15) is 9.59 Å². The maximum Gasteiger partial charge on any atom is 0.254 e. The highest BCUT2D eigenvalue weighted by Crippen LogP contribution is 2.16. The molecule has 0 aromatic heterocycles. The molecule has 6 heteroatoms. The molecule has 2 aromatic carbocycles. The van der Waals surface area contributed by atoms with Gasteiger partial charge < -0.3 is 9.80 Å². The van der Waals surface area contributed by atoms with Crippen molar-refractivity contribution in [2.45, 2.75) is 12.8 Å². The van der Waals surface area contributed by atoms with E-state index in [0.717, 1.165) is 10.0 Å². The number of rotatable bonds is 4. The second-order valence-electron chi connectivity index (χ2n) is 6.31. The number of aryl methyl sites for hydroxylation is 1. The smallest absolute Gasteiger partial charge is 0.254 e. The summed E-state index contributed by atoms with van der Waals surface area (Å²) in [5, 5.41) is 0.700. The average Bonchev–Trinajstić information content (AvgIpc) is 2.67. The molecule has 2 amide bonds. The zero-order valence-electron chi connectivity index (χ0n) is 14.3. The van der Waals surface area contributed by atoms with Crippen LogP contribution >= 0.6 is 27.5 Å². The lowest BCUT2D eigenvalue weighted by Crippen LogP contribution is -2.50. The lowest BCUT2D eigenvalue weighted by Gasteiger charge is -2.35. The standard InChI is InChI=1S/C20H20BrClN2O2/c21-17-3-1-2-16(14-17)20(26)24-12-10-23(11-13-24)19(25)9-6-15-4-7-18(22)8-5-15/h1-5,7-8,14H,6,9-13H2. The largest absolute Gasteiger partial charge is 0.339 e. The van der Waals surface area contributed by atoms with Crippen LogP contribution < -0.4 is 0 Å². The molecule has 1 aliphatic rings. The first-order chi connectivity index (χ1) is 12.5. The number of carbonyl (C=O) groups is 2. The maximum atomic E-state index is 12.6. The van der Waals surface area contributed by atoms with Gasteiger partial charge in [-0.1, -0.05) is 45.7 Å². The highest BCUT2D eigenvalue weighted by atomic mass is 79.9. The number of amides is 2. The SMILES string of the molecule is O=C(CCc1ccc(Cl)cc1)N1CCN(C(=O)c2cccc(Br)c2)CC1. The molecular formula is C20H20BrClN2O2. The van der Waals surface area contributed by atoms with E-state index in [1.165, 1.54) is 0 Å². The fourth-order valence-electron chi connectivity index (χ4n) is 3.02. The van der Waals surface area contributed by atoms with Gasteiger partial charge in [-0.05, 0) is 42.3 Å². The fraction of sp³-hybridized carbons (Fsp3) is 0.300. The molecule has 26 heavy (non-hydrogen) atoms. The van der Waals surface area contributed by atoms with Crippen molar-refractivity contribution in [1.29, 1.82) is 0 Å². The van der Waals surface area contributed by atoms with E-state index in [-0.39, 0.29) is 11.8 Å². The molecule has 0 atom stereocenters. The van der Waals surface area contributed by atoms with Crippen LogP contribution in [0.2, 0.25) is 5.02 Å². The Kier molecular flexibility index (Phi) is 6.33. The van der Waals surface area contributed by atoms with E-state index >= 15 is 0 Å². The molecule has 0 bridgehead atoms. The molecule has 1 saturated heterocycles. The van der Waals surface area contributed by atoms with Gasteiger partial charge in [-0.25, -0.2) is 0 Å². The monoisotopic (exact) mass is 434 g/mol. The summed E-state index contributed by atoms with van der Waals surface area (Å²) in [4.78, 5) is 28.6. The van der Waals surface area contributed by atoms with Gasteiger partial charge in [0.2, 0.25) is 5.91 Å². The number of hydrogen-bond donors (Lipinski definition) is 0. The van der Waals surface area contributed by atoms with Gasteiger partial charge in [0.25, 0.3) is 5.91 Å². The summed E-state index contributed by atoms with van der Waals surface area (Å²) < 4.78 is 0.888. The molecule has 136 valence electrons. The Bertz CT molecular complexity index is 787. The van der Waals surface area contributed by atoms with Crippen molar-refractivity contribution in [3.63, 3.8) is 0 Å². The molecule has 1 heterocycles. The van der Waals surface area contributed by atoms with E-state index in [0.29, 0.717) is 49.6 Å². The minimum atomic E-state index is 0.0135. The van der Waals surface area contributed by atoms with E-state index in [4.69, 9.17) is 11.6 Å². The number of carbonyl (C=O) groups excluding carboxylic acids is 2. The minimum absolute atomic E-state index is 0.0135. The van der Waals surface area contributed by atoms with Crippen molar-refractivity contribution in [3.8, 4) is 0 Å². The third kappa shape index (κ3) is 4.86. The molecule has 1 aliphatic heterocycles. The first-order valence-electron chi connectivity index (χ1n) is 8.60. The van der Waals surface area contributed by atoms with Gasteiger partial charge in [-0.15, -0.1) is 0 Å². The normalized spacial score (nSPS) is 14.4. The van der Waals surface area contributed by atoms with Crippen molar-refractivity contribution in [2.24, 2.45) is 0 Å². The Labute approximate surface area is 166 Å². The predicted octanol–water partition coefficient (Wildman–Crippen LogP) is 4.02. The van der Waals surface area contributed by atoms with Gasteiger partial charge in [0.15, 0.2) is 0 Å². The summed E-state index contributed by atoms with van der Waals surface area (Å²) in [7, 11) is 0. The van der Waals surface area contributed by atoms with Crippen molar-refractivity contribution in [3.05, 3.63) is 69.2 Å². The number of hydrogen-bond acceptors (Lipinski definition) is 2. The topological polar surface area (TPSA) is 40.6 Å². The molecule has 0 spiro atoms. The van der Waals surface area contributed by atoms with Gasteiger partial charge in [0.1, 0.15) is 0 Å². The minimum Gasteiger partial charge on any atom is -0.339 e. The second-order valence-corrected chi connectivity index (χ2v) is 7.66. The van der Waals surface area contributed by atoms with E-state index in [2.05, 4.69) is 15.9 Å². The molecule has 0 unspecified atom stereocenters. The van der Waals surface area contributed by atoms with E-state index in [1.54, 1.807) is 0 Å². The Hall–Kier alpha value is -1.85. The van der Waals surface area contributed by atoms with Crippen molar-refractivity contribution < 1.29 is 9.59 Å². The van der Waals surface area contributed by atoms with Crippen LogP contribution in [0.5, 0.6) is 0 Å². The lowest BCUT2D eigenvalue weighted by molar-refractivity contribution is -0.132. The number of nitrogens with zero attached hydrogens (tertiary/aromatic N) is 2. The van der Waals surface area contributed by atoms with Crippen LogP contribution in [0.4, 0.5) is 0 Å². The van der Waals surface area contributed by atoms with Crippen LogP contribution in [0.15, 0.2) is 53.0 Å². The Balaban J connectivity index is 1.49. The van der Waals surface area contributed by atoms with Crippen LogP contribution in [0.25, 0.3) is 0 Å². The summed E-state index contributed by atoms with van der Waals surface area (Å²) >= 11 is 9.27. The number of benzene rings is 2. The van der Waals surface area contributed by atoms with Gasteiger partial charge in [-0.2, -0.15) is 0 Å². The van der Waals surface area contributed by atoms with Crippen LogP contribution in [0.3, 0.4) is 0 Å². The van der Waals surface area contributed by atoms with E-state index < -0.39 is 0 Å². The summed E-state index contributed by atoms with van der Waals surface area (Å²) in [5.41, 5.74) is 1.77. The zero-order valence-corrected chi connectivity index (χ0v) is 16.7. The van der Waals surface area contributed by atoms with Gasteiger partial charge in [0, 0.05) is 47.7 Å². The summed E-state index contributed by atoms with van der Waals surface area (Å²) in [6.07, 6.45) is 1.18. The highest BCUT2D eigenvalue weighted by Gasteiger charge is 2.24. The third-order valence-corrected chi connectivity index (χ3v) is 5.28. The van der Waals surface area contributed by atoms with Gasteiger partial charge in [-0.3, -0.25) is 9.59 Å². The van der Waals surface area contributed by atoms with Crippen molar-refractivity contribution in [2.75, 3.05) is 26.2 Å². The van der Waals surface area contributed by atoms with Crippen LogP contribution in [0.1, 0.15) is 22.3 Å². The van der Waals surface area contributed by atoms with Gasteiger partial charge >= 0.3 is 0 Å². The van der Waals surface area contributed by atoms with Crippen molar-refractivity contribution >= 4 is 39.3 Å². The first-order valence-corrected chi connectivity index (χ1v) is 9.77. The molecule has 4 nitrogen and oxygen atoms in total. The average molecular weight is 436 g/mol. The summed E-state index contributed by atoms with van der Waals surface area (Å²) in [6, 6.07) is 15.0. The Morgan fingerprint density at radius 2 is 1.62 bits per heavy atom. The van der Waals surface area contributed by atoms with Crippen LogP contribution in [-0.2, 0) is 11.2 Å². The van der Waals surface area contributed by atoms with Gasteiger partial charge in [0.05, 0.1) is 0 Å². The fourth-order valence-corrected chi connectivity index (χ4v) is 3.55. The first kappa shape index (κ1) is 18.9. The van der Waals surface area contributed by atoms with Crippen LogP contribution in [-0.4, -0.2) is 47.8 Å². The molecule has 0 aliphatic carbocycles. The van der Waals surface area contributed by atoms with E-state index in [1.807, 2.05) is 58.3 Å². The molecule has 0 N–H and O–H groups in total. The number of piperazine rings is 1. The third-order valence-electron chi connectivity index (χ3n) is 4.53.